The number of primary sulfonamides is 1. The van der Waals surface area contributed by atoms with Crippen LogP contribution in [0.15, 0.2) is 77.8 Å². The smallest absolute Gasteiger partial charge is 0.238 e. The Morgan fingerprint density at radius 1 is 0.892 bits per heavy atom. The lowest BCUT2D eigenvalue weighted by Gasteiger charge is -2.15. The molecule has 5 rings (SSSR count). The summed E-state index contributed by atoms with van der Waals surface area (Å²) in [6.45, 7) is 0.381. The number of rotatable bonds is 8. The number of nitrogens with zero attached hydrogens (tertiary/aromatic N) is 3. The van der Waals surface area contributed by atoms with Crippen molar-refractivity contribution in [1.82, 2.24) is 15.0 Å². The van der Waals surface area contributed by atoms with E-state index in [4.69, 9.17) is 24.6 Å². The molecule has 0 atom stereocenters. The molecule has 2 aromatic heterocycles. The number of benzene rings is 3. The van der Waals surface area contributed by atoms with Gasteiger partial charge >= 0.3 is 0 Å². The van der Waals surface area contributed by atoms with Crippen LogP contribution in [0.5, 0.6) is 11.5 Å². The van der Waals surface area contributed by atoms with Crippen molar-refractivity contribution in [2.75, 3.05) is 24.9 Å². The van der Waals surface area contributed by atoms with E-state index in [-0.39, 0.29) is 4.90 Å². The molecule has 3 aromatic carbocycles. The predicted octanol–water partition coefficient (Wildman–Crippen LogP) is 4.20. The SMILES string of the molecule is COc1cc2nc(Nc3ccc4ncccc4c3)nc(NCc3ccc(S(N)(=O)=O)cc3)c2cc1OC. The molecule has 0 aliphatic heterocycles. The lowest BCUT2D eigenvalue weighted by atomic mass is 10.2. The van der Waals surface area contributed by atoms with Crippen molar-refractivity contribution in [1.29, 1.82) is 0 Å². The first-order valence-corrected chi connectivity index (χ1v) is 12.8. The standard InChI is InChI=1S/C26H24N6O4S/c1-35-23-13-20-22(14-24(23)36-2)31-26(30-18-7-10-21-17(12-18)4-3-11-28-21)32-25(20)29-15-16-5-8-19(9-6-16)37(27,33)34/h3-14H,15H2,1-2H3,(H2,27,33,34)(H2,29,30,31,32). The predicted molar refractivity (Wildman–Crippen MR) is 143 cm³/mol. The van der Waals surface area contributed by atoms with Gasteiger partial charge < -0.3 is 20.1 Å². The molecule has 0 unspecified atom stereocenters. The van der Waals surface area contributed by atoms with Crippen LogP contribution in [0.4, 0.5) is 17.5 Å². The second kappa shape index (κ2) is 9.88. The van der Waals surface area contributed by atoms with Crippen molar-refractivity contribution in [3.8, 4) is 11.5 Å². The molecule has 0 saturated carbocycles. The first-order chi connectivity index (χ1) is 17.8. The fourth-order valence-electron chi connectivity index (χ4n) is 3.91. The molecule has 0 saturated heterocycles. The second-order valence-electron chi connectivity index (χ2n) is 8.20. The average Bonchev–Trinajstić information content (AvgIpc) is 2.90. The summed E-state index contributed by atoms with van der Waals surface area (Å²) in [4.78, 5) is 13.8. The summed E-state index contributed by atoms with van der Waals surface area (Å²) < 4.78 is 34.1. The molecule has 2 heterocycles. The van der Waals surface area contributed by atoms with Crippen LogP contribution in [0.25, 0.3) is 21.8 Å². The minimum absolute atomic E-state index is 0.0534. The second-order valence-corrected chi connectivity index (χ2v) is 9.76. The lowest BCUT2D eigenvalue weighted by Crippen LogP contribution is -2.12. The number of ether oxygens (including phenoxy) is 2. The minimum atomic E-state index is -3.76. The molecule has 11 heteroatoms. The highest BCUT2D eigenvalue weighted by Crippen LogP contribution is 2.35. The van der Waals surface area contributed by atoms with Crippen LogP contribution in [0, 0.1) is 0 Å². The molecule has 0 amide bonds. The zero-order chi connectivity index (χ0) is 26.0. The van der Waals surface area contributed by atoms with Crippen molar-refractivity contribution < 1.29 is 17.9 Å². The summed E-state index contributed by atoms with van der Waals surface area (Å²) in [5, 5.41) is 13.5. The maximum absolute atomic E-state index is 11.6. The van der Waals surface area contributed by atoms with E-state index >= 15 is 0 Å². The third kappa shape index (κ3) is 5.22. The zero-order valence-corrected chi connectivity index (χ0v) is 20.9. The Morgan fingerprint density at radius 2 is 1.65 bits per heavy atom. The number of anilines is 3. The summed E-state index contributed by atoms with van der Waals surface area (Å²) >= 11 is 0. The van der Waals surface area contributed by atoms with E-state index < -0.39 is 10.0 Å². The number of pyridine rings is 1. The minimum Gasteiger partial charge on any atom is -0.493 e. The summed E-state index contributed by atoms with van der Waals surface area (Å²) in [5.41, 5.74) is 3.19. The molecule has 0 radical (unpaired) electrons. The first kappa shape index (κ1) is 24.2. The Labute approximate surface area is 213 Å². The number of hydrogen-bond donors (Lipinski definition) is 3. The van der Waals surface area contributed by atoms with Crippen molar-refractivity contribution in [3.63, 3.8) is 0 Å². The maximum Gasteiger partial charge on any atom is 0.238 e. The first-order valence-electron chi connectivity index (χ1n) is 11.3. The van der Waals surface area contributed by atoms with Crippen LogP contribution in [0.1, 0.15) is 5.56 Å². The highest BCUT2D eigenvalue weighted by atomic mass is 32.2. The average molecular weight is 517 g/mol. The van der Waals surface area contributed by atoms with Gasteiger partial charge in [0.15, 0.2) is 11.5 Å². The van der Waals surface area contributed by atoms with Crippen molar-refractivity contribution in [2.24, 2.45) is 5.14 Å². The number of nitrogens with one attached hydrogen (secondary N) is 2. The fourth-order valence-corrected chi connectivity index (χ4v) is 4.43. The number of methoxy groups -OCH3 is 2. The van der Waals surface area contributed by atoms with E-state index in [1.807, 2.05) is 36.4 Å². The molecule has 10 nitrogen and oxygen atoms in total. The fraction of sp³-hybridized carbons (Fsp3) is 0.115. The largest absolute Gasteiger partial charge is 0.493 e. The molecule has 4 N–H and O–H groups in total. The van der Waals surface area contributed by atoms with E-state index in [2.05, 4.69) is 15.6 Å². The molecule has 0 fully saturated rings. The highest BCUT2D eigenvalue weighted by Gasteiger charge is 2.14. The number of sulfonamides is 1. The zero-order valence-electron chi connectivity index (χ0n) is 20.1. The molecule has 37 heavy (non-hydrogen) atoms. The van der Waals surface area contributed by atoms with Gasteiger partial charge in [0.1, 0.15) is 5.82 Å². The van der Waals surface area contributed by atoms with Crippen molar-refractivity contribution in [2.45, 2.75) is 11.4 Å². The van der Waals surface area contributed by atoms with Gasteiger partial charge in [0.2, 0.25) is 16.0 Å². The van der Waals surface area contributed by atoms with Gasteiger partial charge in [-0.15, -0.1) is 0 Å². The number of hydrogen-bond acceptors (Lipinski definition) is 9. The van der Waals surface area contributed by atoms with E-state index in [0.717, 1.165) is 27.5 Å². The third-order valence-electron chi connectivity index (χ3n) is 5.77. The Morgan fingerprint density at radius 3 is 2.38 bits per heavy atom. The van der Waals surface area contributed by atoms with Crippen LogP contribution in [0.2, 0.25) is 0 Å². The van der Waals surface area contributed by atoms with E-state index in [1.54, 1.807) is 38.6 Å². The van der Waals surface area contributed by atoms with E-state index in [1.165, 1.54) is 12.1 Å². The van der Waals surface area contributed by atoms with Gasteiger partial charge in [-0.05, 0) is 48.0 Å². The van der Waals surface area contributed by atoms with Gasteiger partial charge in [0.05, 0.1) is 30.1 Å². The molecular weight excluding hydrogens is 492 g/mol. The quantitative estimate of drug-likeness (QED) is 0.277. The maximum atomic E-state index is 11.6. The Balaban J connectivity index is 1.51. The van der Waals surface area contributed by atoms with Gasteiger partial charge in [-0.3, -0.25) is 4.98 Å². The molecular formula is C26H24N6O4S. The normalized spacial score (nSPS) is 11.4. The molecule has 0 bridgehead atoms. The lowest BCUT2D eigenvalue weighted by molar-refractivity contribution is 0.356. The highest BCUT2D eigenvalue weighted by molar-refractivity contribution is 7.89. The van der Waals surface area contributed by atoms with Gasteiger partial charge in [0, 0.05) is 35.3 Å². The van der Waals surface area contributed by atoms with Crippen LogP contribution < -0.4 is 25.2 Å². The number of nitrogens with two attached hydrogens (primary N) is 1. The Kier molecular flexibility index (Phi) is 6.47. The topological polar surface area (TPSA) is 141 Å². The monoisotopic (exact) mass is 516 g/mol. The molecule has 0 spiro atoms. The Hall–Kier alpha value is -4.48. The summed E-state index contributed by atoms with van der Waals surface area (Å²) in [6, 6.07) is 19.6. The molecule has 5 aromatic rings. The van der Waals surface area contributed by atoms with E-state index in [0.29, 0.717) is 35.3 Å². The van der Waals surface area contributed by atoms with E-state index in [9.17, 15) is 8.42 Å². The van der Waals surface area contributed by atoms with Gasteiger partial charge in [-0.1, -0.05) is 18.2 Å². The van der Waals surface area contributed by atoms with Crippen molar-refractivity contribution >= 4 is 49.3 Å². The summed E-state index contributed by atoms with van der Waals surface area (Å²) in [5.74, 6) is 2.03. The van der Waals surface area contributed by atoms with Crippen molar-refractivity contribution in [3.05, 3.63) is 78.5 Å². The molecule has 0 aliphatic carbocycles. The third-order valence-corrected chi connectivity index (χ3v) is 6.70. The Bertz CT molecular complexity index is 1710. The van der Waals surface area contributed by atoms with Gasteiger partial charge in [0.25, 0.3) is 0 Å². The number of fused-ring (bicyclic) bond motifs is 2. The number of aromatic nitrogens is 3. The molecule has 188 valence electrons. The van der Waals surface area contributed by atoms with Gasteiger partial charge in [-0.2, -0.15) is 4.98 Å². The summed E-state index contributed by atoms with van der Waals surface area (Å²) in [6.07, 6.45) is 1.75. The van der Waals surface area contributed by atoms with Crippen LogP contribution >= 0.6 is 0 Å². The van der Waals surface area contributed by atoms with Gasteiger partial charge in [-0.25, -0.2) is 18.5 Å². The van der Waals surface area contributed by atoms with Crippen LogP contribution in [-0.4, -0.2) is 37.6 Å². The van der Waals surface area contributed by atoms with Crippen LogP contribution in [0.3, 0.4) is 0 Å². The molecule has 0 aliphatic rings. The van der Waals surface area contributed by atoms with Crippen LogP contribution in [-0.2, 0) is 16.6 Å². The summed E-state index contributed by atoms with van der Waals surface area (Å²) in [7, 11) is -0.626.